The highest BCUT2D eigenvalue weighted by Gasteiger charge is 2.38. The Labute approximate surface area is 240 Å². The molecule has 1 fully saturated rings. The van der Waals surface area contributed by atoms with Gasteiger partial charge < -0.3 is 15.2 Å². The van der Waals surface area contributed by atoms with E-state index in [-0.39, 0.29) is 35.5 Å². The molecule has 0 saturated carbocycles. The number of benzene rings is 2. The van der Waals surface area contributed by atoms with Crippen molar-refractivity contribution in [2.45, 2.75) is 25.4 Å². The summed E-state index contributed by atoms with van der Waals surface area (Å²) in [5.41, 5.74) is 0.643. The van der Waals surface area contributed by atoms with Crippen molar-refractivity contribution in [3.63, 3.8) is 0 Å². The number of carboxylic acid groups (broad SMARTS) is 1. The van der Waals surface area contributed by atoms with Crippen molar-refractivity contribution >= 4 is 17.4 Å². The number of halogens is 3. The quantitative estimate of drug-likeness (QED) is 0.293. The zero-order chi connectivity index (χ0) is 29.7. The number of alkyl halides is 3. The number of carboxylic acids is 1. The van der Waals surface area contributed by atoms with Crippen LogP contribution in [0.2, 0.25) is 0 Å². The van der Waals surface area contributed by atoms with E-state index in [9.17, 15) is 27.9 Å². The van der Waals surface area contributed by atoms with E-state index in [1.54, 1.807) is 12.1 Å². The highest BCUT2D eigenvalue weighted by Crippen LogP contribution is 2.33. The van der Waals surface area contributed by atoms with Crippen LogP contribution in [0.3, 0.4) is 0 Å². The molecule has 1 amide bonds. The summed E-state index contributed by atoms with van der Waals surface area (Å²) in [6.45, 7) is 2.92. The lowest BCUT2D eigenvalue weighted by Crippen LogP contribution is -2.55. The molecule has 9 nitrogen and oxygen atoms in total. The summed E-state index contributed by atoms with van der Waals surface area (Å²) in [5, 5.41) is 16.2. The number of fused-ring (bicyclic) bond motifs is 1. The van der Waals surface area contributed by atoms with Gasteiger partial charge in [0.15, 0.2) is 5.69 Å². The molecule has 1 atom stereocenters. The number of aliphatic carboxylic acids is 1. The summed E-state index contributed by atoms with van der Waals surface area (Å²) in [6.07, 6.45) is -3.21. The van der Waals surface area contributed by atoms with Crippen molar-refractivity contribution < 1.29 is 32.6 Å². The van der Waals surface area contributed by atoms with Crippen LogP contribution in [-0.2, 0) is 24.1 Å². The van der Waals surface area contributed by atoms with Gasteiger partial charge in [-0.2, -0.15) is 18.3 Å². The van der Waals surface area contributed by atoms with E-state index in [1.807, 2.05) is 23.1 Å². The van der Waals surface area contributed by atoms with Crippen molar-refractivity contribution in [3.8, 4) is 5.75 Å². The van der Waals surface area contributed by atoms with Crippen LogP contribution in [0.4, 0.5) is 13.2 Å². The molecule has 2 N–H and O–H groups in total. The number of rotatable bonds is 10. The molecule has 1 unspecified atom stereocenters. The fourth-order valence-electron chi connectivity index (χ4n) is 5.02. The zero-order valence-corrected chi connectivity index (χ0v) is 22.6. The molecular formula is C30H30F3N5O4. The lowest BCUT2D eigenvalue weighted by Gasteiger charge is -2.37. The van der Waals surface area contributed by atoms with Crippen LogP contribution in [0.15, 0.2) is 79.0 Å². The fraction of sp³-hybridized carbons (Fsp3) is 0.300. The molecular weight excluding hydrogens is 551 g/mol. The second-order valence-corrected chi connectivity index (χ2v) is 10.0. The van der Waals surface area contributed by atoms with Crippen molar-refractivity contribution in [2.24, 2.45) is 0 Å². The summed E-state index contributed by atoms with van der Waals surface area (Å²) in [4.78, 5) is 28.9. The molecule has 4 aromatic rings. The Hall–Kier alpha value is -4.42. The molecule has 3 heterocycles. The Morgan fingerprint density at radius 1 is 0.952 bits per heavy atom. The van der Waals surface area contributed by atoms with Gasteiger partial charge in [-0.15, -0.1) is 0 Å². The number of pyridine rings is 1. The van der Waals surface area contributed by atoms with Crippen molar-refractivity contribution in [1.82, 2.24) is 24.7 Å². The van der Waals surface area contributed by atoms with E-state index >= 15 is 0 Å². The molecule has 1 saturated heterocycles. The second kappa shape index (κ2) is 12.6. The number of hydrogen-bond donors (Lipinski definition) is 2. The van der Waals surface area contributed by atoms with E-state index in [1.165, 1.54) is 42.1 Å². The summed E-state index contributed by atoms with van der Waals surface area (Å²) in [5.74, 6) is -1.20. The van der Waals surface area contributed by atoms with Crippen LogP contribution in [0, 0.1) is 0 Å². The molecule has 0 bridgehead atoms. The molecule has 1 aliphatic heterocycles. The maximum Gasteiger partial charge on any atom is 0.435 e. The van der Waals surface area contributed by atoms with Crippen LogP contribution in [0.5, 0.6) is 5.75 Å². The standard InChI is InChI=1S/C30H30F3N5O4/c31-30(32,33)27-24(25-8-4-5-13-38(25)35-27)20-42-23-11-9-22(10-12-23)28(39)34-18-26(29(40)41)37-16-14-36(15-17-37)19-21-6-2-1-3-7-21/h1-13,26H,14-20H2,(H,34,39)(H,40,41). The highest BCUT2D eigenvalue weighted by atomic mass is 19.4. The van der Waals surface area contributed by atoms with Crippen LogP contribution in [0.1, 0.15) is 27.2 Å². The third-order valence-corrected chi connectivity index (χ3v) is 7.25. The number of carbonyl (C=O) groups excluding carboxylic acids is 1. The zero-order valence-electron chi connectivity index (χ0n) is 22.6. The normalized spacial score (nSPS) is 15.4. The SMILES string of the molecule is O=C(NCC(C(=O)O)N1CCN(Cc2ccccc2)CC1)c1ccc(OCc2c(C(F)(F)F)nn3ccccc23)cc1. The molecule has 0 aliphatic carbocycles. The smallest absolute Gasteiger partial charge is 0.435 e. The molecule has 1 aliphatic rings. The van der Waals surface area contributed by atoms with E-state index in [0.29, 0.717) is 26.2 Å². The largest absolute Gasteiger partial charge is 0.489 e. The minimum atomic E-state index is -4.64. The fourth-order valence-corrected chi connectivity index (χ4v) is 5.02. The first-order valence-electron chi connectivity index (χ1n) is 13.5. The Bertz CT molecular complexity index is 1520. The number of piperazine rings is 1. The van der Waals surface area contributed by atoms with Gasteiger partial charge in [-0.05, 0) is 42.0 Å². The molecule has 42 heavy (non-hydrogen) atoms. The Morgan fingerprint density at radius 2 is 1.64 bits per heavy atom. The van der Waals surface area contributed by atoms with Crippen LogP contribution in [-0.4, -0.2) is 75.2 Å². The number of amides is 1. The first-order valence-corrected chi connectivity index (χ1v) is 13.5. The Balaban J connectivity index is 1.14. The van der Waals surface area contributed by atoms with E-state index in [2.05, 4.69) is 27.4 Å². The third-order valence-electron chi connectivity index (χ3n) is 7.25. The van der Waals surface area contributed by atoms with Gasteiger partial charge in [-0.25, -0.2) is 4.52 Å². The first-order chi connectivity index (χ1) is 20.2. The minimum absolute atomic E-state index is 0.0694. The van der Waals surface area contributed by atoms with Crippen molar-refractivity contribution in [3.05, 3.63) is 101 Å². The lowest BCUT2D eigenvalue weighted by atomic mass is 10.1. The minimum Gasteiger partial charge on any atom is -0.489 e. The third kappa shape index (κ3) is 6.89. The van der Waals surface area contributed by atoms with Gasteiger partial charge in [0.25, 0.3) is 5.91 Å². The average molecular weight is 582 g/mol. The Morgan fingerprint density at radius 3 is 2.31 bits per heavy atom. The second-order valence-electron chi connectivity index (χ2n) is 10.0. The summed E-state index contributed by atoms with van der Waals surface area (Å²) in [7, 11) is 0. The number of nitrogens with one attached hydrogen (secondary N) is 1. The van der Waals surface area contributed by atoms with E-state index < -0.39 is 29.8 Å². The predicted octanol–water partition coefficient (Wildman–Crippen LogP) is 3.93. The molecule has 220 valence electrons. The maximum absolute atomic E-state index is 13.5. The van der Waals surface area contributed by atoms with Gasteiger partial charge in [0.05, 0.1) is 5.52 Å². The van der Waals surface area contributed by atoms with E-state index in [4.69, 9.17) is 4.74 Å². The van der Waals surface area contributed by atoms with Gasteiger partial charge in [-0.1, -0.05) is 36.4 Å². The number of carbonyl (C=O) groups is 2. The molecule has 2 aromatic carbocycles. The number of aromatic nitrogens is 2. The van der Waals surface area contributed by atoms with Gasteiger partial charge in [-0.3, -0.25) is 19.4 Å². The molecule has 2 aromatic heterocycles. The van der Waals surface area contributed by atoms with Crippen molar-refractivity contribution in [2.75, 3.05) is 32.7 Å². The lowest BCUT2D eigenvalue weighted by molar-refractivity contribution is -0.144. The van der Waals surface area contributed by atoms with Crippen LogP contribution >= 0.6 is 0 Å². The number of nitrogens with zero attached hydrogens (tertiary/aromatic N) is 4. The molecule has 0 spiro atoms. The van der Waals surface area contributed by atoms with Gasteiger partial charge in [0, 0.05) is 56.6 Å². The van der Waals surface area contributed by atoms with Gasteiger partial charge in [0.2, 0.25) is 0 Å². The van der Waals surface area contributed by atoms with E-state index in [0.717, 1.165) is 11.1 Å². The monoisotopic (exact) mass is 581 g/mol. The van der Waals surface area contributed by atoms with Crippen LogP contribution < -0.4 is 10.1 Å². The predicted molar refractivity (Wildman–Crippen MR) is 148 cm³/mol. The average Bonchev–Trinajstić information content (AvgIpc) is 3.37. The maximum atomic E-state index is 13.5. The first kappa shape index (κ1) is 29.1. The molecule has 0 radical (unpaired) electrons. The molecule has 5 rings (SSSR count). The summed E-state index contributed by atoms with van der Waals surface area (Å²) >= 11 is 0. The Kier molecular flexibility index (Phi) is 8.74. The summed E-state index contributed by atoms with van der Waals surface area (Å²) in [6, 6.07) is 19.9. The van der Waals surface area contributed by atoms with Crippen molar-refractivity contribution in [1.29, 1.82) is 0 Å². The van der Waals surface area contributed by atoms with Gasteiger partial charge >= 0.3 is 12.1 Å². The van der Waals surface area contributed by atoms with Gasteiger partial charge in [0.1, 0.15) is 18.4 Å². The summed E-state index contributed by atoms with van der Waals surface area (Å²) < 4.78 is 47.4. The highest BCUT2D eigenvalue weighted by molar-refractivity contribution is 5.94. The topological polar surface area (TPSA) is 99.4 Å². The number of hydrogen-bond acceptors (Lipinski definition) is 6. The van der Waals surface area contributed by atoms with Crippen LogP contribution in [0.25, 0.3) is 5.52 Å². The molecule has 12 heteroatoms. The number of ether oxygens (including phenoxy) is 1.